The molecule has 0 fully saturated rings. The summed E-state index contributed by atoms with van der Waals surface area (Å²) in [6, 6.07) is 3.04. The lowest BCUT2D eigenvalue weighted by Crippen LogP contribution is -2.15. The number of nitrogens with one attached hydrogen (secondary N) is 1. The molecule has 0 unspecified atom stereocenters. The Balaban J connectivity index is 2.37. The maximum atomic E-state index is 12.8. The van der Waals surface area contributed by atoms with Gasteiger partial charge in [-0.15, -0.1) is 0 Å². The number of nitrogens with zero attached hydrogens (tertiary/aromatic N) is 2. The number of hydrogen-bond acceptors (Lipinski definition) is 5. The van der Waals surface area contributed by atoms with Gasteiger partial charge in [-0.3, -0.25) is 9.71 Å². The first kappa shape index (κ1) is 12.2. The van der Waals surface area contributed by atoms with Gasteiger partial charge in [-0.25, -0.2) is 17.8 Å². The van der Waals surface area contributed by atoms with Crippen molar-refractivity contribution in [2.24, 2.45) is 0 Å². The maximum Gasteiger partial charge on any atom is 0.265 e. The quantitative estimate of drug-likeness (QED) is 0.809. The summed E-state index contributed by atoms with van der Waals surface area (Å²) in [5.74, 6) is -0.549. The van der Waals surface area contributed by atoms with Gasteiger partial charge in [0, 0.05) is 12.4 Å². The van der Waals surface area contributed by atoms with Crippen molar-refractivity contribution in [1.82, 2.24) is 9.97 Å². The van der Waals surface area contributed by atoms with E-state index in [2.05, 4.69) is 14.7 Å². The van der Waals surface area contributed by atoms with Crippen molar-refractivity contribution in [1.29, 1.82) is 0 Å². The van der Waals surface area contributed by atoms with E-state index in [0.29, 0.717) is 0 Å². The minimum atomic E-state index is -3.90. The molecule has 0 radical (unpaired) electrons. The lowest BCUT2D eigenvalue weighted by molar-refractivity contribution is 0.600. The molecule has 3 N–H and O–H groups in total. The summed E-state index contributed by atoms with van der Waals surface area (Å²) < 4.78 is 38.9. The van der Waals surface area contributed by atoms with Crippen LogP contribution in [0.25, 0.3) is 0 Å². The van der Waals surface area contributed by atoms with Crippen molar-refractivity contribution >= 4 is 21.5 Å². The fourth-order valence-corrected chi connectivity index (χ4v) is 2.42. The van der Waals surface area contributed by atoms with Crippen molar-refractivity contribution in [2.45, 2.75) is 4.90 Å². The number of halogens is 1. The molecule has 0 aliphatic rings. The van der Waals surface area contributed by atoms with Gasteiger partial charge in [0.2, 0.25) is 0 Å². The Hall–Kier alpha value is -2.22. The van der Waals surface area contributed by atoms with Gasteiger partial charge >= 0.3 is 0 Å². The van der Waals surface area contributed by atoms with E-state index in [0.717, 1.165) is 18.2 Å². The number of sulfonamides is 1. The van der Waals surface area contributed by atoms with E-state index >= 15 is 0 Å². The molecule has 1 aromatic carbocycles. The summed E-state index contributed by atoms with van der Waals surface area (Å²) >= 11 is 0. The van der Waals surface area contributed by atoms with Gasteiger partial charge in [0.15, 0.2) is 5.82 Å². The third kappa shape index (κ3) is 2.54. The van der Waals surface area contributed by atoms with Gasteiger partial charge in [-0.1, -0.05) is 0 Å². The number of nitrogen functional groups attached to an aromatic ring is 1. The van der Waals surface area contributed by atoms with Crippen LogP contribution in [0.4, 0.5) is 15.9 Å². The third-order valence-corrected chi connectivity index (χ3v) is 3.49. The van der Waals surface area contributed by atoms with E-state index in [1.54, 1.807) is 0 Å². The molecule has 0 spiro atoms. The molecule has 2 rings (SSSR count). The van der Waals surface area contributed by atoms with E-state index in [4.69, 9.17) is 5.73 Å². The van der Waals surface area contributed by atoms with Crippen LogP contribution in [0.2, 0.25) is 0 Å². The zero-order valence-electron chi connectivity index (χ0n) is 9.04. The zero-order chi connectivity index (χ0) is 13.2. The molecular formula is C10H9FN4O2S. The van der Waals surface area contributed by atoms with Crippen LogP contribution < -0.4 is 10.5 Å². The van der Waals surface area contributed by atoms with Gasteiger partial charge in [0.05, 0.1) is 11.9 Å². The lowest BCUT2D eigenvalue weighted by Gasteiger charge is -2.08. The number of rotatable bonds is 3. The predicted molar refractivity (Wildman–Crippen MR) is 63.7 cm³/mol. The summed E-state index contributed by atoms with van der Waals surface area (Å²) in [6.45, 7) is 0. The van der Waals surface area contributed by atoms with Crippen LogP contribution in [0, 0.1) is 5.82 Å². The Kier molecular flexibility index (Phi) is 3.11. The van der Waals surface area contributed by atoms with E-state index < -0.39 is 15.8 Å². The first-order chi connectivity index (χ1) is 8.49. The fourth-order valence-electron chi connectivity index (χ4n) is 1.31. The molecule has 2 aromatic rings. The van der Waals surface area contributed by atoms with Gasteiger partial charge < -0.3 is 5.73 Å². The number of aromatic nitrogens is 2. The molecule has 0 saturated carbocycles. The second kappa shape index (κ2) is 4.57. The molecule has 94 valence electrons. The number of benzene rings is 1. The predicted octanol–water partition coefficient (Wildman–Crippen LogP) is 0.999. The minimum Gasteiger partial charge on any atom is -0.398 e. The molecule has 0 atom stereocenters. The highest BCUT2D eigenvalue weighted by Crippen LogP contribution is 2.21. The Bertz CT molecular complexity index is 661. The number of hydrogen-bond donors (Lipinski definition) is 2. The second-order valence-electron chi connectivity index (χ2n) is 3.38. The molecule has 0 saturated heterocycles. The van der Waals surface area contributed by atoms with Crippen LogP contribution in [-0.2, 0) is 10.0 Å². The molecule has 0 aliphatic heterocycles. The molecule has 1 heterocycles. The molecule has 8 heteroatoms. The fraction of sp³-hybridized carbons (Fsp3) is 0. The smallest absolute Gasteiger partial charge is 0.265 e. The summed E-state index contributed by atoms with van der Waals surface area (Å²) in [7, 11) is -3.90. The first-order valence-electron chi connectivity index (χ1n) is 4.83. The van der Waals surface area contributed by atoms with Crippen LogP contribution in [0.15, 0.2) is 41.7 Å². The van der Waals surface area contributed by atoms with Crippen LogP contribution in [0.3, 0.4) is 0 Å². The monoisotopic (exact) mass is 268 g/mol. The van der Waals surface area contributed by atoms with E-state index in [1.165, 1.54) is 18.6 Å². The van der Waals surface area contributed by atoms with Crippen molar-refractivity contribution in [2.75, 3.05) is 10.5 Å². The highest BCUT2D eigenvalue weighted by Gasteiger charge is 2.18. The average molecular weight is 268 g/mol. The normalized spacial score (nSPS) is 11.2. The van der Waals surface area contributed by atoms with Crippen molar-refractivity contribution in [3.8, 4) is 0 Å². The largest absolute Gasteiger partial charge is 0.398 e. The average Bonchev–Trinajstić information content (AvgIpc) is 2.29. The SMILES string of the molecule is Nc1cc(F)ccc1S(=O)(=O)Nc1cnccn1. The van der Waals surface area contributed by atoms with E-state index in [1.807, 2.05) is 0 Å². The molecule has 0 bridgehead atoms. The van der Waals surface area contributed by atoms with Crippen molar-refractivity contribution in [3.05, 3.63) is 42.6 Å². The standard InChI is InChI=1S/C10H9FN4O2S/c11-7-1-2-9(8(12)5-7)18(16,17)15-10-6-13-3-4-14-10/h1-6H,12H2,(H,14,15). The molecule has 0 amide bonds. The van der Waals surface area contributed by atoms with Crippen molar-refractivity contribution < 1.29 is 12.8 Å². The topological polar surface area (TPSA) is 98.0 Å². The molecule has 0 aliphatic carbocycles. The first-order valence-corrected chi connectivity index (χ1v) is 6.31. The zero-order valence-corrected chi connectivity index (χ0v) is 9.86. The summed E-state index contributed by atoms with van der Waals surface area (Å²) in [5.41, 5.74) is 5.29. The van der Waals surface area contributed by atoms with Crippen molar-refractivity contribution in [3.63, 3.8) is 0 Å². The summed E-state index contributed by atoms with van der Waals surface area (Å²) in [6.07, 6.45) is 3.99. The van der Waals surface area contributed by atoms with E-state index in [-0.39, 0.29) is 16.4 Å². The highest BCUT2D eigenvalue weighted by molar-refractivity contribution is 7.92. The Morgan fingerprint density at radius 1 is 1.28 bits per heavy atom. The Morgan fingerprint density at radius 2 is 2.06 bits per heavy atom. The summed E-state index contributed by atoms with van der Waals surface area (Å²) in [4.78, 5) is 7.27. The van der Waals surface area contributed by atoms with Crippen LogP contribution in [0.5, 0.6) is 0 Å². The molecule has 18 heavy (non-hydrogen) atoms. The second-order valence-corrected chi connectivity index (χ2v) is 5.03. The van der Waals surface area contributed by atoms with Gasteiger partial charge in [0.25, 0.3) is 10.0 Å². The molecular weight excluding hydrogens is 259 g/mol. The molecule has 6 nitrogen and oxygen atoms in total. The lowest BCUT2D eigenvalue weighted by atomic mass is 10.3. The van der Waals surface area contributed by atoms with E-state index in [9.17, 15) is 12.8 Å². The minimum absolute atomic E-state index is 0.0567. The van der Waals surface area contributed by atoms with Crippen LogP contribution in [-0.4, -0.2) is 18.4 Å². The van der Waals surface area contributed by atoms with Gasteiger partial charge in [-0.05, 0) is 18.2 Å². The Morgan fingerprint density at radius 3 is 2.67 bits per heavy atom. The Labute approximate surface area is 103 Å². The van der Waals surface area contributed by atoms with Gasteiger partial charge in [-0.2, -0.15) is 0 Å². The molecule has 1 aromatic heterocycles. The summed E-state index contributed by atoms with van der Waals surface area (Å²) in [5, 5.41) is 0. The third-order valence-electron chi connectivity index (χ3n) is 2.06. The van der Waals surface area contributed by atoms with Crippen LogP contribution >= 0.6 is 0 Å². The number of nitrogens with two attached hydrogens (primary N) is 1. The van der Waals surface area contributed by atoms with Gasteiger partial charge in [0.1, 0.15) is 10.7 Å². The highest BCUT2D eigenvalue weighted by atomic mass is 32.2. The maximum absolute atomic E-state index is 12.8. The number of anilines is 2. The van der Waals surface area contributed by atoms with Crippen LogP contribution in [0.1, 0.15) is 0 Å².